The van der Waals surface area contributed by atoms with Crippen LogP contribution in [0.1, 0.15) is 54.4 Å². The molecule has 1 aliphatic carbocycles. The van der Waals surface area contributed by atoms with Crippen LogP contribution in [-0.4, -0.2) is 11.8 Å². The summed E-state index contributed by atoms with van der Waals surface area (Å²) in [5.41, 5.74) is 6.49. The number of hydrazine groups is 1. The summed E-state index contributed by atoms with van der Waals surface area (Å²) in [5, 5.41) is 0. The number of hydrogen-bond acceptors (Lipinski definition) is 2. The predicted octanol–water partition coefficient (Wildman–Crippen LogP) is 2.73. The highest BCUT2D eigenvalue weighted by Gasteiger charge is 2.17. The van der Waals surface area contributed by atoms with Gasteiger partial charge in [-0.1, -0.05) is 37.5 Å². The molecule has 0 bridgehead atoms. The van der Waals surface area contributed by atoms with Crippen molar-refractivity contribution in [3.63, 3.8) is 0 Å². The molecule has 0 aromatic heterocycles. The standard InChI is InChI=1S/C16H22N2O2/c1-12-7-5-6-10-14(12)16(20)18-17-15(19)11-13-8-3-2-4-9-13/h5-7,10,13H,2-4,8-9,11H2,1H3,(H,17,19)(H,18,20). The molecule has 0 saturated heterocycles. The Labute approximate surface area is 119 Å². The average Bonchev–Trinajstić information content (AvgIpc) is 2.46. The number of carbonyl (C=O) groups excluding carboxylic acids is 2. The number of hydrogen-bond donors (Lipinski definition) is 2. The van der Waals surface area contributed by atoms with Gasteiger partial charge in [-0.2, -0.15) is 0 Å². The van der Waals surface area contributed by atoms with E-state index in [9.17, 15) is 9.59 Å². The van der Waals surface area contributed by atoms with Crippen LogP contribution in [0.15, 0.2) is 24.3 Å². The van der Waals surface area contributed by atoms with Gasteiger partial charge in [0.1, 0.15) is 0 Å². The van der Waals surface area contributed by atoms with Crippen molar-refractivity contribution < 1.29 is 9.59 Å². The quantitative estimate of drug-likeness (QED) is 0.833. The molecule has 1 saturated carbocycles. The summed E-state index contributed by atoms with van der Waals surface area (Å²) in [7, 11) is 0. The highest BCUT2D eigenvalue weighted by Crippen LogP contribution is 2.25. The van der Waals surface area contributed by atoms with E-state index in [-0.39, 0.29) is 11.8 Å². The number of nitrogens with one attached hydrogen (secondary N) is 2. The molecule has 4 heteroatoms. The first kappa shape index (κ1) is 14.6. The molecule has 4 nitrogen and oxygen atoms in total. The van der Waals surface area contributed by atoms with Crippen molar-refractivity contribution in [2.45, 2.75) is 45.4 Å². The van der Waals surface area contributed by atoms with Gasteiger partial charge in [-0.25, -0.2) is 0 Å². The molecule has 1 fully saturated rings. The molecule has 2 N–H and O–H groups in total. The summed E-state index contributed by atoms with van der Waals surface area (Å²) in [6.07, 6.45) is 6.47. The van der Waals surface area contributed by atoms with Crippen LogP contribution >= 0.6 is 0 Å². The number of amides is 2. The second-order valence-corrected chi connectivity index (χ2v) is 5.53. The topological polar surface area (TPSA) is 58.2 Å². The zero-order valence-corrected chi connectivity index (χ0v) is 11.9. The third-order valence-corrected chi connectivity index (χ3v) is 3.90. The molecule has 0 aliphatic heterocycles. The van der Waals surface area contributed by atoms with E-state index >= 15 is 0 Å². The summed E-state index contributed by atoms with van der Waals surface area (Å²) >= 11 is 0. The molecule has 0 radical (unpaired) electrons. The van der Waals surface area contributed by atoms with Crippen LogP contribution < -0.4 is 10.9 Å². The van der Waals surface area contributed by atoms with Gasteiger partial charge in [0.15, 0.2) is 0 Å². The maximum absolute atomic E-state index is 11.9. The fourth-order valence-corrected chi connectivity index (χ4v) is 2.73. The van der Waals surface area contributed by atoms with Gasteiger partial charge in [-0.15, -0.1) is 0 Å². The van der Waals surface area contributed by atoms with Crippen LogP contribution in [0, 0.1) is 12.8 Å². The monoisotopic (exact) mass is 274 g/mol. The van der Waals surface area contributed by atoms with E-state index in [4.69, 9.17) is 0 Å². The van der Waals surface area contributed by atoms with Gasteiger partial charge in [-0.3, -0.25) is 20.4 Å². The zero-order chi connectivity index (χ0) is 14.4. The van der Waals surface area contributed by atoms with E-state index in [1.807, 2.05) is 25.1 Å². The highest BCUT2D eigenvalue weighted by molar-refractivity contribution is 5.96. The number of benzene rings is 1. The largest absolute Gasteiger partial charge is 0.273 e. The maximum Gasteiger partial charge on any atom is 0.269 e. The first-order valence-corrected chi connectivity index (χ1v) is 7.31. The minimum absolute atomic E-state index is 0.0983. The smallest absolute Gasteiger partial charge is 0.269 e. The van der Waals surface area contributed by atoms with Crippen LogP contribution in [0.5, 0.6) is 0 Å². The van der Waals surface area contributed by atoms with Crippen LogP contribution in [0.25, 0.3) is 0 Å². The third kappa shape index (κ3) is 4.08. The number of carbonyl (C=O) groups is 2. The molecule has 1 aliphatic rings. The Morgan fingerprint density at radius 2 is 1.80 bits per heavy atom. The number of rotatable bonds is 3. The van der Waals surface area contributed by atoms with Crippen molar-refractivity contribution in [3.8, 4) is 0 Å². The molecule has 1 aromatic carbocycles. The lowest BCUT2D eigenvalue weighted by Gasteiger charge is -2.20. The molecule has 20 heavy (non-hydrogen) atoms. The minimum atomic E-state index is -0.264. The van der Waals surface area contributed by atoms with Crippen molar-refractivity contribution in [3.05, 3.63) is 35.4 Å². The molecule has 108 valence electrons. The number of aryl methyl sites for hydroxylation is 1. The van der Waals surface area contributed by atoms with Crippen molar-refractivity contribution in [1.29, 1.82) is 0 Å². The lowest BCUT2D eigenvalue weighted by Crippen LogP contribution is -2.42. The average molecular weight is 274 g/mol. The van der Waals surface area contributed by atoms with Gasteiger partial charge in [0.2, 0.25) is 5.91 Å². The second kappa shape index (κ2) is 7.08. The lowest BCUT2D eigenvalue weighted by molar-refractivity contribution is -0.123. The van der Waals surface area contributed by atoms with Crippen LogP contribution in [0.2, 0.25) is 0 Å². The van der Waals surface area contributed by atoms with Gasteiger partial charge in [0.25, 0.3) is 5.91 Å². The van der Waals surface area contributed by atoms with E-state index < -0.39 is 0 Å². The van der Waals surface area contributed by atoms with Crippen molar-refractivity contribution in [1.82, 2.24) is 10.9 Å². The second-order valence-electron chi connectivity index (χ2n) is 5.53. The first-order chi connectivity index (χ1) is 9.66. The van der Waals surface area contributed by atoms with Gasteiger partial charge in [-0.05, 0) is 37.3 Å². The van der Waals surface area contributed by atoms with Gasteiger partial charge < -0.3 is 0 Å². The predicted molar refractivity (Wildman–Crippen MR) is 78.0 cm³/mol. The summed E-state index contributed by atoms with van der Waals surface area (Å²) in [5.74, 6) is 0.109. The normalized spacial score (nSPS) is 15.7. The molecule has 0 unspecified atom stereocenters. The van der Waals surface area contributed by atoms with E-state index in [0.29, 0.717) is 17.9 Å². The molecular formula is C16H22N2O2. The third-order valence-electron chi connectivity index (χ3n) is 3.90. The Morgan fingerprint density at radius 1 is 1.10 bits per heavy atom. The Balaban J connectivity index is 1.78. The molecule has 0 spiro atoms. The van der Waals surface area contributed by atoms with Crippen molar-refractivity contribution in [2.75, 3.05) is 0 Å². The summed E-state index contributed by atoms with van der Waals surface area (Å²) in [6, 6.07) is 7.32. The lowest BCUT2D eigenvalue weighted by atomic mass is 9.87. The van der Waals surface area contributed by atoms with Gasteiger partial charge >= 0.3 is 0 Å². The van der Waals surface area contributed by atoms with Crippen LogP contribution in [-0.2, 0) is 4.79 Å². The summed E-state index contributed by atoms with van der Waals surface area (Å²) in [6.45, 7) is 1.87. The Hall–Kier alpha value is -1.84. The Bertz CT molecular complexity index is 479. The minimum Gasteiger partial charge on any atom is -0.273 e. The van der Waals surface area contributed by atoms with Crippen molar-refractivity contribution in [2.24, 2.45) is 5.92 Å². The fourth-order valence-electron chi connectivity index (χ4n) is 2.73. The van der Waals surface area contributed by atoms with Crippen LogP contribution in [0.3, 0.4) is 0 Å². The highest BCUT2D eigenvalue weighted by atomic mass is 16.2. The van der Waals surface area contributed by atoms with E-state index in [1.54, 1.807) is 6.07 Å². The molecule has 0 heterocycles. The zero-order valence-electron chi connectivity index (χ0n) is 11.9. The van der Waals surface area contributed by atoms with Crippen LogP contribution in [0.4, 0.5) is 0 Å². The van der Waals surface area contributed by atoms with E-state index in [0.717, 1.165) is 18.4 Å². The molecular weight excluding hydrogens is 252 g/mol. The summed E-state index contributed by atoms with van der Waals surface area (Å²) in [4.78, 5) is 23.7. The Morgan fingerprint density at radius 3 is 2.50 bits per heavy atom. The van der Waals surface area contributed by atoms with E-state index in [1.165, 1.54) is 19.3 Å². The SMILES string of the molecule is Cc1ccccc1C(=O)NNC(=O)CC1CCCCC1. The van der Waals surface area contributed by atoms with Gasteiger partial charge in [0, 0.05) is 12.0 Å². The van der Waals surface area contributed by atoms with Crippen molar-refractivity contribution >= 4 is 11.8 Å². The molecule has 2 amide bonds. The summed E-state index contributed by atoms with van der Waals surface area (Å²) < 4.78 is 0. The fraction of sp³-hybridized carbons (Fsp3) is 0.500. The Kier molecular flexibility index (Phi) is 5.16. The first-order valence-electron chi connectivity index (χ1n) is 7.31. The molecule has 1 aromatic rings. The van der Waals surface area contributed by atoms with Gasteiger partial charge in [0.05, 0.1) is 0 Å². The molecule has 0 atom stereocenters. The molecule has 2 rings (SSSR count). The maximum atomic E-state index is 11.9. The van der Waals surface area contributed by atoms with E-state index in [2.05, 4.69) is 10.9 Å².